The third kappa shape index (κ3) is 4.02. The maximum absolute atomic E-state index is 13.4. The number of hydrogen-bond donors (Lipinski definition) is 0. The van der Waals surface area contributed by atoms with E-state index in [9.17, 15) is 4.79 Å². The minimum Gasteiger partial charge on any atom is -0.497 e. The minimum absolute atomic E-state index is 0.390. The zero-order chi connectivity index (χ0) is 22.1. The van der Waals surface area contributed by atoms with Crippen molar-refractivity contribution in [1.82, 2.24) is 4.98 Å². The van der Waals surface area contributed by atoms with Crippen molar-refractivity contribution < 1.29 is 14.3 Å². The molecule has 4 rings (SSSR count). The van der Waals surface area contributed by atoms with Gasteiger partial charge in [0.05, 0.1) is 23.9 Å². The SMILES string of the molecule is COc1cccc(-c2cc(C(=O)Oc3c(C)cccc3C)c3cc(C)cc(C)c3n2)c1. The van der Waals surface area contributed by atoms with Crippen LogP contribution >= 0.6 is 0 Å². The van der Waals surface area contributed by atoms with Crippen molar-refractivity contribution in [3.63, 3.8) is 0 Å². The molecule has 0 fully saturated rings. The Hall–Kier alpha value is -3.66. The molecule has 4 nitrogen and oxygen atoms in total. The Morgan fingerprint density at radius 1 is 0.839 bits per heavy atom. The van der Waals surface area contributed by atoms with Gasteiger partial charge in [0.15, 0.2) is 0 Å². The van der Waals surface area contributed by atoms with Crippen molar-refractivity contribution in [2.24, 2.45) is 0 Å². The van der Waals surface area contributed by atoms with Crippen LogP contribution in [-0.4, -0.2) is 18.1 Å². The third-order valence-electron chi connectivity index (χ3n) is 5.44. The molecule has 1 aromatic heterocycles. The molecule has 0 aliphatic heterocycles. The standard InChI is InChI=1S/C27H25NO3/c1-16-12-19(4)25-22(13-16)23(27(29)31-26-17(2)8-6-9-18(26)3)15-24(28-25)20-10-7-11-21(14-20)30-5/h6-15H,1-5H3. The molecule has 0 atom stereocenters. The summed E-state index contributed by atoms with van der Waals surface area (Å²) in [5, 5.41) is 0.792. The molecule has 0 saturated carbocycles. The average Bonchev–Trinajstić information content (AvgIpc) is 2.75. The zero-order valence-corrected chi connectivity index (χ0v) is 18.4. The number of esters is 1. The monoisotopic (exact) mass is 411 g/mol. The Morgan fingerprint density at radius 3 is 2.26 bits per heavy atom. The van der Waals surface area contributed by atoms with Gasteiger partial charge in [-0.25, -0.2) is 9.78 Å². The number of benzene rings is 3. The van der Waals surface area contributed by atoms with Gasteiger partial charge in [0.25, 0.3) is 0 Å². The van der Waals surface area contributed by atoms with Crippen molar-refractivity contribution >= 4 is 16.9 Å². The van der Waals surface area contributed by atoms with Gasteiger partial charge < -0.3 is 9.47 Å². The summed E-state index contributed by atoms with van der Waals surface area (Å²) >= 11 is 0. The van der Waals surface area contributed by atoms with E-state index < -0.39 is 0 Å². The first kappa shape index (κ1) is 20.6. The zero-order valence-electron chi connectivity index (χ0n) is 18.4. The predicted molar refractivity (Wildman–Crippen MR) is 124 cm³/mol. The molecule has 4 aromatic rings. The first-order chi connectivity index (χ1) is 14.9. The van der Waals surface area contributed by atoms with Crippen molar-refractivity contribution in [3.05, 3.63) is 88.5 Å². The fourth-order valence-electron chi connectivity index (χ4n) is 3.89. The van der Waals surface area contributed by atoms with Crippen LogP contribution in [0.3, 0.4) is 0 Å². The van der Waals surface area contributed by atoms with E-state index in [1.54, 1.807) is 7.11 Å². The lowest BCUT2D eigenvalue weighted by Gasteiger charge is -2.14. The van der Waals surface area contributed by atoms with Crippen LogP contribution in [-0.2, 0) is 0 Å². The summed E-state index contributed by atoms with van der Waals surface area (Å²) in [6.07, 6.45) is 0. The lowest BCUT2D eigenvalue weighted by atomic mass is 9.99. The number of hydrogen-bond acceptors (Lipinski definition) is 4. The fourth-order valence-corrected chi connectivity index (χ4v) is 3.89. The van der Waals surface area contributed by atoms with Gasteiger partial charge in [0.2, 0.25) is 0 Å². The molecule has 156 valence electrons. The van der Waals surface area contributed by atoms with Gasteiger partial charge in [-0.15, -0.1) is 0 Å². The second-order valence-corrected chi connectivity index (χ2v) is 7.88. The van der Waals surface area contributed by atoms with Gasteiger partial charge >= 0.3 is 5.97 Å². The van der Waals surface area contributed by atoms with E-state index in [2.05, 4.69) is 6.07 Å². The summed E-state index contributed by atoms with van der Waals surface area (Å²) in [5.74, 6) is 0.948. The molecule has 0 bridgehead atoms. The number of methoxy groups -OCH3 is 1. The van der Waals surface area contributed by atoms with Crippen LogP contribution in [0.4, 0.5) is 0 Å². The van der Waals surface area contributed by atoms with E-state index in [-0.39, 0.29) is 5.97 Å². The Kier molecular flexibility index (Phi) is 5.47. The first-order valence-corrected chi connectivity index (χ1v) is 10.2. The number of para-hydroxylation sites is 1. The van der Waals surface area contributed by atoms with E-state index >= 15 is 0 Å². The van der Waals surface area contributed by atoms with Crippen LogP contribution in [0.1, 0.15) is 32.6 Å². The molecule has 0 saturated heterocycles. The topological polar surface area (TPSA) is 48.4 Å². The maximum Gasteiger partial charge on any atom is 0.344 e. The van der Waals surface area contributed by atoms with Crippen molar-refractivity contribution in [2.45, 2.75) is 27.7 Å². The van der Waals surface area contributed by atoms with E-state index in [1.165, 1.54) is 0 Å². The van der Waals surface area contributed by atoms with Crippen molar-refractivity contribution in [2.75, 3.05) is 7.11 Å². The Balaban J connectivity index is 1.91. The number of rotatable bonds is 4. The maximum atomic E-state index is 13.4. The van der Waals surface area contributed by atoms with Crippen LogP contribution in [0.2, 0.25) is 0 Å². The van der Waals surface area contributed by atoms with Crippen LogP contribution in [0.25, 0.3) is 22.2 Å². The van der Waals surface area contributed by atoms with Crippen molar-refractivity contribution in [3.8, 4) is 22.8 Å². The molecule has 1 heterocycles. The molecule has 0 amide bonds. The van der Waals surface area contributed by atoms with E-state index in [0.29, 0.717) is 17.0 Å². The first-order valence-electron chi connectivity index (χ1n) is 10.2. The quantitative estimate of drug-likeness (QED) is 0.289. The second-order valence-electron chi connectivity index (χ2n) is 7.88. The normalized spacial score (nSPS) is 10.9. The van der Waals surface area contributed by atoms with E-state index in [4.69, 9.17) is 14.5 Å². The smallest absolute Gasteiger partial charge is 0.344 e. The van der Waals surface area contributed by atoms with Gasteiger partial charge in [-0.3, -0.25) is 0 Å². The Labute approximate surface area is 182 Å². The predicted octanol–water partition coefficient (Wildman–Crippen LogP) is 6.36. The Bertz CT molecular complexity index is 1290. The van der Waals surface area contributed by atoms with Gasteiger partial charge in [-0.05, 0) is 68.7 Å². The van der Waals surface area contributed by atoms with Crippen LogP contribution in [0.15, 0.2) is 60.7 Å². The highest BCUT2D eigenvalue weighted by atomic mass is 16.5. The third-order valence-corrected chi connectivity index (χ3v) is 5.44. The number of fused-ring (bicyclic) bond motifs is 1. The summed E-state index contributed by atoms with van der Waals surface area (Å²) in [6, 6.07) is 19.4. The molecular formula is C27H25NO3. The number of aromatic nitrogens is 1. The van der Waals surface area contributed by atoms with Crippen LogP contribution in [0, 0.1) is 27.7 Å². The highest BCUT2D eigenvalue weighted by Gasteiger charge is 2.19. The average molecular weight is 412 g/mol. The molecular weight excluding hydrogens is 386 g/mol. The fraction of sp³-hybridized carbons (Fsp3) is 0.185. The van der Waals surface area contributed by atoms with E-state index in [0.717, 1.165) is 44.5 Å². The number of pyridine rings is 1. The molecule has 4 heteroatoms. The summed E-state index contributed by atoms with van der Waals surface area (Å²) < 4.78 is 11.3. The van der Waals surface area contributed by atoms with Gasteiger partial charge in [-0.2, -0.15) is 0 Å². The molecule has 0 unspecified atom stereocenters. The Morgan fingerprint density at radius 2 is 1.55 bits per heavy atom. The number of aryl methyl sites for hydroxylation is 4. The lowest BCUT2D eigenvalue weighted by Crippen LogP contribution is -2.12. The number of ether oxygens (including phenoxy) is 2. The largest absolute Gasteiger partial charge is 0.497 e. The van der Waals surface area contributed by atoms with Gasteiger partial charge in [0, 0.05) is 10.9 Å². The number of carbonyl (C=O) groups is 1. The van der Waals surface area contributed by atoms with E-state index in [1.807, 2.05) is 82.3 Å². The summed E-state index contributed by atoms with van der Waals surface area (Å²) in [4.78, 5) is 18.3. The molecule has 0 spiro atoms. The summed E-state index contributed by atoms with van der Waals surface area (Å²) in [6.45, 7) is 7.91. The van der Waals surface area contributed by atoms with Crippen molar-refractivity contribution in [1.29, 1.82) is 0 Å². The van der Waals surface area contributed by atoms with Gasteiger partial charge in [0.1, 0.15) is 11.5 Å². The number of nitrogens with zero attached hydrogens (tertiary/aromatic N) is 1. The molecule has 31 heavy (non-hydrogen) atoms. The molecule has 0 radical (unpaired) electrons. The van der Waals surface area contributed by atoms with Crippen LogP contribution < -0.4 is 9.47 Å². The molecule has 3 aromatic carbocycles. The van der Waals surface area contributed by atoms with Gasteiger partial charge in [-0.1, -0.05) is 42.0 Å². The lowest BCUT2D eigenvalue weighted by molar-refractivity contribution is 0.0734. The summed E-state index contributed by atoms with van der Waals surface area (Å²) in [5.41, 5.74) is 6.80. The minimum atomic E-state index is -0.390. The molecule has 0 aliphatic carbocycles. The number of carbonyl (C=O) groups excluding carboxylic acids is 1. The highest BCUT2D eigenvalue weighted by Crippen LogP contribution is 2.31. The van der Waals surface area contributed by atoms with Crippen LogP contribution in [0.5, 0.6) is 11.5 Å². The molecule has 0 aliphatic rings. The summed E-state index contributed by atoms with van der Waals surface area (Å²) in [7, 11) is 1.63. The molecule has 0 N–H and O–H groups in total. The highest BCUT2D eigenvalue weighted by molar-refractivity contribution is 6.06. The second kappa shape index (κ2) is 8.23.